The highest BCUT2D eigenvalue weighted by molar-refractivity contribution is 7.15. The normalized spacial score (nSPS) is 10.8. The van der Waals surface area contributed by atoms with Gasteiger partial charge in [0.05, 0.1) is 12.6 Å². The zero-order valence-electron chi connectivity index (χ0n) is 14.4. The molecule has 2 rings (SSSR count). The Kier molecular flexibility index (Phi) is 7.69. The van der Waals surface area contributed by atoms with E-state index in [0.29, 0.717) is 22.1 Å². The van der Waals surface area contributed by atoms with E-state index < -0.39 is 0 Å². The Bertz CT molecular complexity index is 775. The summed E-state index contributed by atoms with van der Waals surface area (Å²) in [4.78, 5) is 23.6. The second kappa shape index (κ2) is 10.2. The molecule has 0 saturated carbocycles. The summed E-state index contributed by atoms with van der Waals surface area (Å²) >= 11 is 1.15. The average molecular weight is 375 g/mol. The van der Waals surface area contributed by atoms with Crippen LogP contribution in [0.2, 0.25) is 0 Å². The SMILES string of the molecule is CCCCCC(=O)Nc1nnc(CC(=O)N/N=C\c2ccccc2O)s1. The van der Waals surface area contributed by atoms with Gasteiger partial charge in [0.1, 0.15) is 10.8 Å². The zero-order valence-corrected chi connectivity index (χ0v) is 15.3. The topological polar surface area (TPSA) is 117 Å². The van der Waals surface area contributed by atoms with Crippen molar-refractivity contribution in [1.82, 2.24) is 15.6 Å². The maximum atomic E-state index is 11.9. The molecule has 0 unspecified atom stereocenters. The minimum Gasteiger partial charge on any atom is -0.507 e. The maximum absolute atomic E-state index is 11.9. The zero-order chi connectivity index (χ0) is 18.8. The summed E-state index contributed by atoms with van der Waals surface area (Å²) in [6.07, 6.45) is 4.71. The van der Waals surface area contributed by atoms with E-state index in [-0.39, 0.29) is 24.0 Å². The first-order chi connectivity index (χ1) is 12.6. The third kappa shape index (κ3) is 6.60. The Labute approximate surface area is 155 Å². The van der Waals surface area contributed by atoms with Gasteiger partial charge in [-0.3, -0.25) is 9.59 Å². The summed E-state index contributed by atoms with van der Waals surface area (Å²) in [5, 5.41) is 24.7. The largest absolute Gasteiger partial charge is 0.507 e. The van der Waals surface area contributed by atoms with Crippen molar-refractivity contribution in [2.45, 2.75) is 39.0 Å². The Morgan fingerprint density at radius 2 is 2.04 bits per heavy atom. The number of rotatable bonds is 9. The molecule has 0 bridgehead atoms. The van der Waals surface area contributed by atoms with Crippen molar-refractivity contribution < 1.29 is 14.7 Å². The van der Waals surface area contributed by atoms with Crippen molar-refractivity contribution in [3.63, 3.8) is 0 Å². The number of hydrogen-bond acceptors (Lipinski definition) is 7. The van der Waals surface area contributed by atoms with Crippen LogP contribution in [0.25, 0.3) is 0 Å². The van der Waals surface area contributed by atoms with Crippen LogP contribution in [-0.4, -0.2) is 33.3 Å². The van der Waals surface area contributed by atoms with Crippen LogP contribution in [0.5, 0.6) is 5.75 Å². The van der Waals surface area contributed by atoms with Gasteiger partial charge in [0.2, 0.25) is 16.9 Å². The van der Waals surface area contributed by atoms with E-state index in [1.807, 2.05) is 0 Å². The number of carbonyl (C=O) groups excluding carboxylic acids is 2. The highest BCUT2D eigenvalue weighted by Gasteiger charge is 2.11. The first kappa shape index (κ1) is 19.5. The Morgan fingerprint density at radius 3 is 2.81 bits per heavy atom. The van der Waals surface area contributed by atoms with Crippen molar-refractivity contribution >= 4 is 34.5 Å². The summed E-state index contributed by atoms with van der Waals surface area (Å²) in [7, 11) is 0. The smallest absolute Gasteiger partial charge is 0.247 e. The molecule has 0 atom stereocenters. The second-order valence-corrected chi connectivity index (χ2v) is 6.60. The number of nitrogens with one attached hydrogen (secondary N) is 2. The highest BCUT2D eigenvalue weighted by Crippen LogP contribution is 2.16. The van der Waals surface area contributed by atoms with Crippen LogP contribution in [0.1, 0.15) is 43.2 Å². The molecule has 1 aromatic carbocycles. The number of benzene rings is 1. The van der Waals surface area contributed by atoms with E-state index in [4.69, 9.17) is 0 Å². The Morgan fingerprint density at radius 1 is 1.23 bits per heavy atom. The van der Waals surface area contributed by atoms with E-state index in [0.717, 1.165) is 30.6 Å². The maximum Gasteiger partial charge on any atom is 0.247 e. The molecule has 0 radical (unpaired) electrons. The van der Waals surface area contributed by atoms with Gasteiger partial charge in [-0.2, -0.15) is 5.10 Å². The number of aromatic hydroxyl groups is 1. The standard InChI is InChI=1S/C17H21N5O3S/c1-2-3-4-9-14(24)19-17-22-21-16(26-17)10-15(25)20-18-11-12-7-5-6-8-13(12)23/h5-8,11,23H,2-4,9-10H2,1H3,(H,20,25)(H,19,22,24)/b18-11-. The summed E-state index contributed by atoms with van der Waals surface area (Å²) in [5.74, 6) is -0.388. The van der Waals surface area contributed by atoms with E-state index in [1.54, 1.807) is 18.2 Å². The number of phenols is 1. The highest BCUT2D eigenvalue weighted by atomic mass is 32.1. The van der Waals surface area contributed by atoms with Gasteiger partial charge in [0.15, 0.2) is 0 Å². The molecule has 0 aliphatic rings. The van der Waals surface area contributed by atoms with E-state index in [2.05, 4.69) is 33.0 Å². The fourth-order valence-electron chi connectivity index (χ4n) is 2.04. The number of anilines is 1. The molecular weight excluding hydrogens is 354 g/mol. The first-order valence-electron chi connectivity index (χ1n) is 8.30. The first-order valence-corrected chi connectivity index (χ1v) is 9.12. The van der Waals surface area contributed by atoms with Crippen molar-refractivity contribution in [1.29, 1.82) is 0 Å². The van der Waals surface area contributed by atoms with Gasteiger partial charge in [-0.05, 0) is 18.6 Å². The molecular formula is C17H21N5O3S. The van der Waals surface area contributed by atoms with Gasteiger partial charge in [0, 0.05) is 12.0 Å². The molecule has 0 spiro atoms. The number of aromatic nitrogens is 2. The predicted octanol–water partition coefficient (Wildman–Crippen LogP) is 2.46. The van der Waals surface area contributed by atoms with Gasteiger partial charge < -0.3 is 10.4 Å². The fourth-order valence-corrected chi connectivity index (χ4v) is 2.79. The van der Waals surface area contributed by atoms with Crippen LogP contribution >= 0.6 is 11.3 Å². The average Bonchev–Trinajstić information content (AvgIpc) is 3.03. The lowest BCUT2D eigenvalue weighted by molar-refractivity contribution is -0.120. The number of hydrogen-bond donors (Lipinski definition) is 3. The van der Waals surface area contributed by atoms with Crippen LogP contribution in [0, 0.1) is 0 Å². The number of amides is 2. The predicted molar refractivity (Wildman–Crippen MR) is 100 cm³/mol. The number of unbranched alkanes of at least 4 members (excludes halogenated alkanes) is 2. The molecule has 3 N–H and O–H groups in total. The van der Waals surface area contributed by atoms with Crippen molar-refractivity contribution in [3.05, 3.63) is 34.8 Å². The Balaban J connectivity index is 1.78. The lowest BCUT2D eigenvalue weighted by atomic mass is 10.2. The quantitative estimate of drug-likeness (QED) is 0.354. The summed E-state index contributed by atoms with van der Waals surface area (Å²) in [5.41, 5.74) is 2.86. The van der Waals surface area contributed by atoms with E-state index >= 15 is 0 Å². The van der Waals surface area contributed by atoms with Gasteiger partial charge in [-0.15, -0.1) is 10.2 Å². The fraction of sp³-hybridized carbons (Fsp3) is 0.353. The molecule has 0 fully saturated rings. The molecule has 2 aromatic rings. The van der Waals surface area contributed by atoms with Gasteiger partial charge in [-0.1, -0.05) is 43.2 Å². The molecule has 8 nitrogen and oxygen atoms in total. The molecule has 0 aliphatic carbocycles. The summed E-state index contributed by atoms with van der Waals surface area (Å²) in [6, 6.07) is 6.65. The molecule has 0 saturated heterocycles. The van der Waals surface area contributed by atoms with Crippen LogP contribution in [0.3, 0.4) is 0 Å². The second-order valence-electron chi connectivity index (χ2n) is 5.54. The van der Waals surface area contributed by atoms with E-state index in [1.165, 1.54) is 12.3 Å². The van der Waals surface area contributed by atoms with Crippen LogP contribution in [-0.2, 0) is 16.0 Å². The third-order valence-electron chi connectivity index (χ3n) is 3.36. The van der Waals surface area contributed by atoms with Gasteiger partial charge in [-0.25, -0.2) is 5.43 Å². The minimum absolute atomic E-state index is 0.00147. The number of para-hydroxylation sites is 1. The summed E-state index contributed by atoms with van der Waals surface area (Å²) in [6.45, 7) is 2.08. The van der Waals surface area contributed by atoms with Crippen LogP contribution in [0.4, 0.5) is 5.13 Å². The molecule has 9 heteroatoms. The molecule has 2 amide bonds. The van der Waals surface area contributed by atoms with Crippen molar-refractivity contribution in [3.8, 4) is 5.75 Å². The van der Waals surface area contributed by atoms with Crippen LogP contribution in [0.15, 0.2) is 29.4 Å². The lowest BCUT2D eigenvalue weighted by Crippen LogP contribution is -2.19. The Hall–Kier alpha value is -2.81. The monoisotopic (exact) mass is 375 g/mol. The van der Waals surface area contributed by atoms with Crippen LogP contribution < -0.4 is 10.7 Å². The molecule has 26 heavy (non-hydrogen) atoms. The number of phenolic OH excluding ortho intramolecular Hbond substituents is 1. The third-order valence-corrected chi connectivity index (χ3v) is 4.20. The summed E-state index contributed by atoms with van der Waals surface area (Å²) < 4.78 is 0. The molecule has 138 valence electrons. The number of nitrogens with zero attached hydrogens (tertiary/aromatic N) is 3. The molecule has 0 aliphatic heterocycles. The minimum atomic E-state index is -0.367. The lowest BCUT2D eigenvalue weighted by Gasteiger charge is -1.99. The van der Waals surface area contributed by atoms with Crippen molar-refractivity contribution in [2.75, 3.05) is 5.32 Å². The number of hydrazone groups is 1. The van der Waals surface area contributed by atoms with Gasteiger partial charge >= 0.3 is 0 Å². The molecule has 1 heterocycles. The molecule has 1 aromatic heterocycles. The van der Waals surface area contributed by atoms with E-state index in [9.17, 15) is 14.7 Å². The van der Waals surface area contributed by atoms with Gasteiger partial charge in [0.25, 0.3) is 0 Å². The van der Waals surface area contributed by atoms with Crippen molar-refractivity contribution in [2.24, 2.45) is 5.10 Å². The number of carbonyl (C=O) groups is 2.